The molecule has 1 atom stereocenters. The lowest BCUT2D eigenvalue weighted by Crippen LogP contribution is -2.34. The summed E-state index contributed by atoms with van der Waals surface area (Å²) in [5.41, 5.74) is 1.74. The Hall–Kier alpha value is -0.540. The highest BCUT2D eigenvalue weighted by Gasteiger charge is 2.37. The fourth-order valence-corrected chi connectivity index (χ4v) is 3.92. The van der Waals surface area contributed by atoms with Crippen molar-refractivity contribution in [3.8, 4) is 5.75 Å². The first-order chi connectivity index (χ1) is 9.60. The zero-order chi connectivity index (χ0) is 14.6. The first-order valence-electron chi connectivity index (χ1n) is 7.76. The van der Waals surface area contributed by atoms with Gasteiger partial charge in [-0.3, -0.25) is 0 Å². The zero-order valence-electron chi connectivity index (χ0n) is 12.8. The van der Waals surface area contributed by atoms with Crippen molar-refractivity contribution in [1.82, 2.24) is 5.32 Å². The van der Waals surface area contributed by atoms with Gasteiger partial charge in [0.25, 0.3) is 0 Å². The molecule has 0 aliphatic heterocycles. The van der Waals surface area contributed by atoms with E-state index in [-0.39, 0.29) is 0 Å². The minimum Gasteiger partial charge on any atom is -0.493 e. The SMILES string of the molecule is CCNC(c1ccc(OCC)c(Br)c1)C1(C)CCCC1. The van der Waals surface area contributed by atoms with E-state index >= 15 is 0 Å². The Morgan fingerprint density at radius 1 is 1.30 bits per heavy atom. The molecule has 1 fully saturated rings. The van der Waals surface area contributed by atoms with Crippen molar-refractivity contribution in [2.45, 2.75) is 52.5 Å². The van der Waals surface area contributed by atoms with Gasteiger partial charge in [0.05, 0.1) is 11.1 Å². The van der Waals surface area contributed by atoms with E-state index in [0.717, 1.165) is 16.8 Å². The summed E-state index contributed by atoms with van der Waals surface area (Å²) in [6.45, 7) is 8.34. The van der Waals surface area contributed by atoms with E-state index in [0.29, 0.717) is 18.1 Å². The first kappa shape index (κ1) is 15.8. The number of benzene rings is 1. The molecular formula is C17H26BrNO. The van der Waals surface area contributed by atoms with Crippen molar-refractivity contribution in [1.29, 1.82) is 0 Å². The summed E-state index contributed by atoms with van der Waals surface area (Å²) in [4.78, 5) is 0. The maximum absolute atomic E-state index is 5.61. The molecule has 0 aromatic heterocycles. The van der Waals surface area contributed by atoms with Gasteiger partial charge < -0.3 is 10.1 Å². The van der Waals surface area contributed by atoms with Gasteiger partial charge >= 0.3 is 0 Å². The highest BCUT2D eigenvalue weighted by molar-refractivity contribution is 9.10. The third-order valence-electron chi connectivity index (χ3n) is 4.44. The molecule has 0 amide bonds. The van der Waals surface area contributed by atoms with Crippen molar-refractivity contribution in [3.63, 3.8) is 0 Å². The molecule has 1 aromatic rings. The summed E-state index contributed by atoms with van der Waals surface area (Å²) < 4.78 is 6.67. The molecule has 1 N–H and O–H groups in total. The molecule has 112 valence electrons. The molecule has 0 bridgehead atoms. The Kier molecular flexibility index (Phi) is 5.50. The fourth-order valence-electron chi connectivity index (χ4n) is 3.41. The summed E-state index contributed by atoms with van der Waals surface area (Å²) in [7, 11) is 0. The van der Waals surface area contributed by atoms with Crippen LogP contribution in [-0.2, 0) is 0 Å². The van der Waals surface area contributed by atoms with Crippen LogP contribution < -0.4 is 10.1 Å². The van der Waals surface area contributed by atoms with Crippen molar-refractivity contribution < 1.29 is 4.74 Å². The molecule has 1 aromatic carbocycles. The molecule has 2 rings (SSSR count). The summed E-state index contributed by atoms with van der Waals surface area (Å²) >= 11 is 3.64. The van der Waals surface area contributed by atoms with Crippen molar-refractivity contribution in [2.75, 3.05) is 13.2 Å². The van der Waals surface area contributed by atoms with Gasteiger partial charge in [0, 0.05) is 6.04 Å². The van der Waals surface area contributed by atoms with Crippen LogP contribution in [0, 0.1) is 5.41 Å². The van der Waals surface area contributed by atoms with Crippen LogP contribution in [0.3, 0.4) is 0 Å². The van der Waals surface area contributed by atoms with Crippen molar-refractivity contribution in [3.05, 3.63) is 28.2 Å². The van der Waals surface area contributed by atoms with Gasteiger partial charge in [0.15, 0.2) is 0 Å². The Labute approximate surface area is 131 Å². The number of hydrogen-bond acceptors (Lipinski definition) is 2. The van der Waals surface area contributed by atoms with Crippen LogP contribution in [0.2, 0.25) is 0 Å². The quantitative estimate of drug-likeness (QED) is 0.780. The monoisotopic (exact) mass is 339 g/mol. The molecule has 1 unspecified atom stereocenters. The average Bonchev–Trinajstić information content (AvgIpc) is 2.86. The molecule has 20 heavy (non-hydrogen) atoms. The third kappa shape index (κ3) is 3.37. The van der Waals surface area contributed by atoms with Gasteiger partial charge in [-0.15, -0.1) is 0 Å². The van der Waals surface area contributed by atoms with E-state index in [2.05, 4.69) is 53.3 Å². The van der Waals surface area contributed by atoms with Gasteiger partial charge in [-0.05, 0) is 65.4 Å². The lowest BCUT2D eigenvalue weighted by atomic mass is 9.77. The normalized spacial score (nSPS) is 19.0. The van der Waals surface area contributed by atoms with Crippen LogP contribution >= 0.6 is 15.9 Å². The van der Waals surface area contributed by atoms with Gasteiger partial charge in [-0.2, -0.15) is 0 Å². The number of ether oxygens (including phenoxy) is 1. The second-order valence-corrected chi connectivity index (χ2v) is 6.83. The highest BCUT2D eigenvalue weighted by Crippen LogP contribution is 2.47. The summed E-state index contributed by atoms with van der Waals surface area (Å²) in [5, 5.41) is 3.70. The standard InChI is InChI=1S/C17H26BrNO/c1-4-19-16(17(3)10-6-7-11-17)13-8-9-15(20-5-2)14(18)12-13/h8-9,12,16,19H,4-7,10-11H2,1-3H3. The summed E-state index contributed by atoms with van der Waals surface area (Å²) in [5.74, 6) is 0.933. The predicted molar refractivity (Wildman–Crippen MR) is 88.3 cm³/mol. The molecule has 0 spiro atoms. The maximum Gasteiger partial charge on any atom is 0.133 e. The Balaban J connectivity index is 2.27. The largest absolute Gasteiger partial charge is 0.493 e. The zero-order valence-corrected chi connectivity index (χ0v) is 14.4. The van der Waals surface area contributed by atoms with Crippen LogP contribution in [0.5, 0.6) is 5.75 Å². The van der Waals surface area contributed by atoms with Gasteiger partial charge in [0.2, 0.25) is 0 Å². The Morgan fingerprint density at radius 3 is 2.55 bits per heavy atom. The van der Waals surface area contributed by atoms with Gasteiger partial charge in [0.1, 0.15) is 5.75 Å². The van der Waals surface area contributed by atoms with E-state index in [1.165, 1.54) is 31.2 Å². The first-order valence-corrected chi connectivity index (χ1v) is 8.55. The molecule has 1 aliphatic rings. The number of halogens is 1. The lowest BCUT2D eigenvalue weighted by Gasteiger charge is -2.35. The molecule has 1 aliphatic carbocycles. The van der Waals surface area contributed by atoms with Crippen LogP contribution in [0.4, 0.5) is 0 Å². The molecule has 0 heterocycles. The molecule has 3 heteroatoms. The second kappa shape index (κ2) is 6.95. The van der Waals surface area contributed by atoms with Crippen LogP contribution in [0.1, 0.15) is 58.1 Å². The summed E-state index contributed by atoms with van der Waals surface area (Å²) in [6, 6.07) is 6.96. The van der Waals surface area contributed by atoms with Crippen LogP contribution in [0.25, 0.3) is 0 Å². The Morgan fingerprint density at radius 2 is 2.00 bits per heavy atom. The highest BCUT2D eigenvalue weighted by atomic mass is 79.9. The van der Waals surface area contributed by atoms with Crippen molar-refractivity contribution in [2.24, 2.45) is 5.41 Å². The molecule has 2 nitrogen and oxygen atoms in total. The molecule has 1 saturated carbocycles. The van der Waals surface area contributed by atoms with E-state index < -0.39 is 0 Å². The van der Waals surface area contributed by atoms with Crippen molar-refractivity contribution >= 4 is 15.9 Å². The van der Waals surface area contributed by atoms with E-state index in [1.54, 1.807) is 0 Å². The van der Waals surface area contributed by atoms with E-state index in [1.807, 2.05) is 6.92 Å². The molecular weight excluding hydrogens is 314 g/mol. The van der Waals surface area contributed by atoms with Crippen LogP contribution in [0.15, 0.2) is 22.7 Å². The second-order valence-electron chi connectivity index (χ2n) is 5.97. The minimum atomic E-state index is 0.378. The topological polar surface area (TPSA) is 21.3 Å². The maximum atomic E-state index is 5.61. The number of nitrogens with one attached hydrogen (secondary N) is 1. The Bertz CT molecular complexity index is 441. The van der Waals surface area contributed by atoms with E-state index in [9.17, 15) is 0 Å². The lowest BCUT2D eigenvalue weighted by molar-refractivity contribution is 0.226. The van der Waals surface area contributed by atoms with Gasteiger partial charge in [-0.1, -0.05) is 32.8 Å². The number of rotatable bonds is 6. The fraction of sp³-hybridized carbons (Fsp3) is 0.647. The predicted octanol–water partition coefficient (Wildman–Crippen LogP) is 5.08. The third-order valence-corrected chi connectivity index (χ3v) is 5.06. The van der Waals surface area contributed by atoms with Gasteiger partial charge in [-0.25, -0.2) is 0 Å². The summed E-state index contributed by atoms with van der Waals surface area (Å²) in [6.07, 6.45) is 5.35. The molecule has 0 radical (unpaired) electrons. The smallest absolute Gasteiger partial charge is 0.133 e. The van der Waals surface area contributed by atoms with Crippen LogP contribution in [-0.4, -0.2) is 13.2 Å². The molecule has 0 saturated heterocycles. The van der Waals surface area contributed by atoms with E-state index in [4.69, 9.17) is 4.74 Å². The average molecular weight is 340 g/mol. The minimum absolute atomic E-state index is 0.378. The number of hydrogen-bond donors (Lipinski definition) is 1.